The molecule has 1 fully saturated rings. The van der Waals surface area contributed by atoms with Gasteiger partial charge >= 0.3 is 0 Å². The predicted molar refractivity (Wildman–Crippen MR) is 119 cm³/mol. The average Bonchev–Trinajstić information content (AvgIpc) is 2.79. The van der Waals surface area contributed by atoms with Crippen molar-refractivity contribution in [3.8, 4) is 0 Å². The molecule has 5 rings (SSSR count). The largest absolute Gasteiger partial charge is 0.369 e. The number of piperazine rings is 1. The molecule has 3 heterocycles. The molecule has 3 aromatic rings. The highest BCUT2D eigenvalue weighted by molar-refractivity contribution is 5.46. The van der Waals surface area contributed by atoms with Crippen molar-refractivity contribution in [2.45, 2.75) is 19.5 Å². The van der Waals surface area contributed by atoms with Gasteiger partial charge < -0.3 is 15.5 Å². The van der Waals surface area contributed by atoms with Crippen molar-refractivity contribution in [2.75, 3.05) is 48.3 Å². The Balaban J connectivity index is 1.25. The number of nitrogens with two attached hydrogens (primary N) is 1. The predicted octanol–water partition coefficient (Wildman–Crippen LogP) is 2.34. The molecule has 2 aliphatic rings. The number of hydrogen-bond donors (Lipinski definition) is 1. The first-order valence-electron chi connectivity index (χ1n) is 10.6. The molecule has 30 heavy (non-hydrogen) atoms. The summed E-state index contributed by atoms with van der Waals surface area (Å²) >= 11 is 0. The number of fused-ring (bicyclic) bond motifs is 1. The van der Waals surface area contributed by atoms with Gasteiger partial charge in [-0.15, -0.1) is 0 Å². The molecule has 0 bridgehead atoms. The number of para-hydroxylation sites is 1. The van der Waals surface area contributed by atoms with Crippen LogP contribution in [0.15, 0.2) is 54.6 Å². The van der Waals surface area contributed by atoms with Gasteiger partial charge in [-0.3, -0.25) is 4.90 Å². The molecule has 2 aliphatic heterocycles. The monoisotopic (exact) mass is 401 g/mol. The number of hydrogen-bond acceptors (Lipinski definition) is 7. The third kappa shape index (κ3) is 4.07. The van der Waals surface area contributed by atoms with E-state index < -0.39 is 0 Å². The van der Waals surface area contributed by atoms with Crippen molar-refractivity contribution >= 4 is 17.6 Å². The lowest BCUT2D eigenvalue weighted by molar-refractivity contribution is 0.244. The lowest BCUT2D eigenvalue weighted by atomic mass is 10.0. The molecule has 154 valence electrons. The molecular weight excluding hydrogens is 374 g/mol. The maximum Gasteiger partial charge on any atom is 0.230 e. The Morgan fingerprint density at radius 3 is 2.27 bits per heavy atom. The summed E-state index contributed by atoms with van der Waals surface area (Å²) in [5.74, 6) is 1.75. The van der Waals surface area contributed by atoms with Crippen molar-refractivity contribution < 1.29 is 0 Å². The zero-order valence-electron chi connectivity index (χ0n) is 17.1. The van der Waals surface area contributed by atoms with Gasteiger partial charge in [0, 0.05) is 45.0 Å². The number of anilines is 3. The van der Waals surface area contributed by atoms with Crippen LogP contribution >= 0.6 is 0 Å². The first-order valence-corrected chi connectivity index (χ1v) is 10.6. The maximum atomic E-state index is 6.05. The molecule has 7 heteroatoms. The highest BCUT2D eigenvalue weighted by Crippen LogP contribution is 2.23. The first-order chi connectivity index (χ1) is 14.7. The number of nitrogens with zero attached hydrogens (tertiary/aromatic N) is 6. The van der Waals surface area contributed by atoms with Gasteiger partial charge in [0.25, 0.3) is 0 Å². The Labute approximate surface area is 177 Å². The van der Waals surface area contributed by atoms with E-state index in [9.17, 15) is 0 Å². The Kier molecular flexibility index (Phi) is 5.19. The highest BCUT2D eigenvalue weighted by Gasteiger charge is 2.21. The van der Waals surface area contributed by atoms with Crippen LogP contribution in [0, 0.1) is 0 Å². The van der Waals surface area contributed by atoms with E-state index in [1.807, 2.05) is 0 Å². The fourth-order valence-corrected chi connectivity index (χ4v) is 4.31. The third-order valence-corrected chi connectivity index (χ3v) is 5.96. The first kappa shape index (κ1) is 18.8. The SMILES string of the molecule is Nc1nc(CN2CCN(c3ccccc3)CC2)nc(N2CCc3ccccc3C2)n1. The number of benzene rings is 2. The summed E-state index contributed by atoms with van der Waals surface area (Å²) in [5, 5.41) is 0. The molecule has 2 aromatic carbocycles. The molecule has 7 nitrogen and oxygen atoms in total. The molecule has 0 radical (unpaired) electrons. The summed E-state index contributed by atoms with van der Waals surface area (Å²) in [6.07, 6.45) is 0.999. The molecule has 2 N–H and O–H groups in total. The van der Waals surface area contributed by atoms with Crippen LogP contribution in [-0.2, 0) is 19.5 Å². The van der Waals surface area contributed by atoms with Crippen LogP contribution in [0.25, 0.3) is 0 Å². The molecule has 0 aliphatic carbocycles. The maximum absolute atomic E-state index is 6.05. The van der Waals surface area contributed by atoms with Crippen LogP contribution in [0.3, 0.4) is 0 Å². The van der Waals surface area contributed by atoms with Gasteiger partial charge in [-0.1, -0.05) is 42.5 Å². The summed E-state index contributed by atoms with van der Waals surface area (Å²) < 4.78 is 0. The topological polar surface area (TPSA) is 74.4 Å². The summed E-state index contributed by atoms with van der Waals surface area (Å²) in [6, 6.07) is 19.2. The normalized spacial score (nSPS) is 17.1. The van der Waals surface area contributed by atoms with E-state index in [0.29, 0.717) is 18.4 Å². The van der Waals surface area contributed by atoms with E-state index in [0.717, 1.165) is 51.5 Å². The molecule has 0 spiro atoms. The fourth-order valence-electron chi connectivity index (χ4n) is 4.31. The van der Waals surface area contributed by atoms with Crippen LogP contribution in [0.2, 0.25) is 0 Å². The van der Waals surface area contributed by atoms with Gasteiger partial charge in [0.05, 0.1) is 6.54 Å². The smallest absolute Gasteiger partial charge is 0.230 e. The summed E-state index contributed by atoms with van der Waals surface area (Å²) in [6.45, 7) is 6.37. The Hall–Kier alpha value is -3.19. The average molecular weight is 402 g/mol. The quantitative estimate of drug-likeness (QED) is 0.719. The Morgan fingerprint density at radius 2 is 1.47 bits per heavy atom. The highest BCUT2D eigenvalue weighted by atomic mass is 15.3. The van der Waals surface area contributed by atoms with Crippen molar-refractivity contribution in [3.63, 3.8) is 0 Å². The van der Waals surface area contributed by atoms with Crippen LogP contribution in [0.1, 0.15) is 17.0 Å². The van der Waals surface area contributed by atoms with Crippen molar-refractivity contribution in [1.82, 2.24) is 19.9 Å². The Bertz CT molecular complexity index is 999. The van der Waals surface area contributed by atoms with Crippen molar-refractivity contribution in [3.05, 3.63) is 71.5 Å². The van der Waals surface area contributed by atoms with Gasteiger partial charge in [-0.25, -0.2) is 0 Å². The fraction of sp³-hybridized carbons (Fsp3) is 0.348. The number of rotatable bonds is 4. The minimum Gasteiger partial charge on any atom is -0.369 e. The second-order valence-corrected chi connectivity index (χ2v) is 7.95. The van der Waals surface area contributed by atoms with E-state index in [1.54, 1.807) is 0 Å². The molecule has 1 aromatic heterocycles. The van der Waals surface area contributed by atoms with Gasteiger partial charge in [0.1, 0.15) is 5.82 Å². The van der Waals surface area contributed by atoms with E-state index >= 15 is 0 Å². The van der Waals surface area contributed by atoms with Crippen LogP contribution < -0.4 is 15.5 Å². The van der Waals surface area contributed by atoms with E-state index in [4.69, 9.17) is 10.7 Å². The van der Waals surface area contributed by atoms with Crippen LogP contribution in [0.5, 0.6) is 0 Å². The van der Waals surface area contributed by atoms with Crippen molar-refractivity contribution in [2.24, 2.45) is 0 Å². The van der Waals surface area contributed by atoms with Gasteiger partial charge in [-0.2, -0.15) is 15.0 Å². The lowest BCUT2D eigenvalue weighted by Crippen LogP contribution is -2.46. The van der Waals surface area contributed by atoms with Crippen LogP contribution in [-0.4, -0.2) is 52.6 Å². The van der Waals surface area contributed by atoms with E-state index in [2.05, 4.69) is 79.3 Å². The van der Waals surface area contributed by atoms with Gasteiger partial charge in [0.2, 0.25) is 11.9 Å². The number of nitrogen functional groups attached to an aromatic ring is 1. The summed E-state index contributed by atoms with van der Waals surface area (Å²) in [5.41, 5.74) is 10.1. The molecule has 0 saturated carbocycles. The zero-order chi connectivity index (χ0) is 20.3. The molecule has 0 amide bonds. The standard InChI is InChI=1S/C23H27N7/c24-22-25-21(17-28-12-14-29(15-13-28)20-8-2-1-3-9-20)26-23(27-22)30-11-10-18-6-4-5-7-19(18)16-30/h1-9H,10-17H2,(H2,24,25,26,27). The summed E-state index contributed by atoms with van der Waals surface area (Å²) in [7, 11) is 0. The lowest BCUT2D eigenvalue weighted by Gasteiger charge is -2.35. The van der Waals surface area contributed by atoms with Crippen LogP contribution in [0.4, 0.5) is 17.6 Å². The van der Waals surface area contributed by atoms with E-state index in [1.165, 1.54) is 16.8 Å². The van der Waals surface area contributed by atoms with Gasteiger partial charge in [0.15, 0.2) is 0 Å². The Morgan fingerprint density at radius 1 is 0.733 bits per heavy atom. The second-order valence-electron chi connectivity index (χ2n) is 7.95. The molecule has 0 unspecified atom stereocenters. The minimum atomic E-state index is 0.303. The molecular formula is C23H27N7. The molecule has 0 atom stereocenters. The van der Waals surface area contributed by atoms with E-state index in [-0.39, 0.29) is 0 Å². The number of aromatic nitrogens is 3. The second kappa shape index (κ2) is 8.28. The minimum absolute atomic E-state index is 0.303. The van der Waals surface area contributed by atoms with Gasteiger partial charge in [-0.05, 0) is 29.7 Å². The summed E-state index contributed by atoms with van der Waals surface area (Å²) in [4.78, 5) is 20.6. The van der Waals surface area contributed by atoms with Crippen molar-refractivity contribution in [1.29, 1.82) is 0 Å². The molecule has 1 saturated heterocycles. The third-order valence-electron chi connectivity index (χ3n) is 5.96. The zero-order valence-corrected chi connectivity index (χ0v) is 17.1.